The van der Waals surface area contributed by atoms with Gasteiger partial charge in [0, 0.05) is 12.1 Å². The van der Waals surface area contributed by atoms with Gasteiger partial charge in [-0.1, -0.05) is 50.3 Å². The van der Waals surface area contributed by atoms with Crippen molar-refractivity contribution >= 4 is 5.97 Å². The first-order valence-corrected chi connectivity index (χ1v) is 7.55. The van der Waals surface area contributed by atoms with E-state index in [1.807, 2.05) is 24.3 Å². The van der Waals surface area contributed by atoms with Crippen LogP contribution in [-0.4, -0.2) is 30.6 Å². The fourth-order valence-corrected chi connectivity index (χ4v) is 2.74. The number of rotatable bonds is 8. The Kier molecular flexibility index (Phi) is 7.17. The van der Waals surface area contributed by atoms with Gasteiger partial charge in [-0.3, -0.25) is 9.69 Å². The van der Waals surface area contributed by atoms with Crippen molar-refractivity contribution in [3.05, 3.63) is 48.6 Å². The van der Waals surface area contributed by atoms with E-state index >= 15 is 0 Å². The average molecular weight is 289 g/mol. The molecule has 0 aliphatic rings. The first kappa shape index (κ1) is 17.4. The number of nitrogens with zero attached hydrogens (tertiary/aromatic N) is 1. The fraction of sp³-hybridized carbons (Fsp3) is 0.500. The maximum absolute atomic E-state index is 11.8. The zero-order valence-corrected chi connectivity index (χ0v) is 13.6. The Bertz CT molecular complexity index is 444. The zero-order valence-electron chi connectivity index (χ0n) is 13.6. The smallest absolute Gasteiger partial charge is 0.319 e. The van der Waals surface area contributed by atoms with Crippen LogP contribution >= 0.6 is 0 Å². The number of carbonyl (C=O) groups is 1. The summed E-state index contributed by atoms with van der Waals surface area (Å²) in [4.78, 5) is 14.0. The summed E-state index contributed by atoms with van der Waals surface area (Å²) in [5, 5.41) is 0. The van der Waals surface area contributed by atoms with E-state index in [-0.39, 0.29) is 18.1 Å². The summed E-state index contributed by atoms with van der Waals surface area (Å²) in [6.07, 6.45) is 2.91. The Balaban J connectivity index is 3.05. The van der Waals surface area contributed by atoms with Crippen LogP contribution in [0.1, 0.15) is 38.8 Å². The zero-order chi connectivity index (χ0) is 15.8. The van der Waals surface area contributed by atoms with Crippen LogP contribution in [0.15, 0.2) is 43.0 Å². The highest BCUT2D eigenvalue weighted by atomic mass is 16.5. The number of hydrogen-bond donors (Lipinski definition) is 0. The average Bonchev–Trinajstić information content (AvgIpc) is 2.54. The number of hydrogen-bond acceptors (Lipinski definition) is 3. The molecule has 0 aliphatic heterocycles. The minimum absolute atomic E-state index is 0.151. The van der Waals surface area contributed by atoms with Gasteiger partial charge in [0.15, 0.2) is 0 Å². The fourth-order valence-electron chi connectivity index (χ4n) is 2.74. The molecule has 0 radical (unpaired) electrons. The van der Waals surface area contributed by atoms with E-state index in [0.29, 0.717) is 12.5 Å². The van der Waals surface area contributed by atoms with Crippen LogP contribution in [0.4, 0.5) is 0 Å². The van der Waals surface area contributed by atoms with Gasteiger partial charge in [0.25, 0.3) is 0 Å². The van der Waals surface area contributed by atoms with Crippen molar-refractivity contribution in [3.63, 3.8) is 0 Å². The molecule has 0 unspecified atom stereocenters. The van der Waals surface area contributed by atoms with E-state index < -0.39 is 0 Å². The molecule has 3 heteroatoms. The number of benzene rings is 1. The topological polar surface area (TPSA) is 29.5 Å². The molecule has 21 heavy (non-hydrogen) atoms. The molecular formula is C18H27NO2. The Morgan fingerprint density at radius 3 is 2.43 bits per heavy atom. The van der Waals surface area contributed by atoms with Crippen molar-refractivity contribution in [2.75, 3.05) is 13.7 Å². The van der Waals surface area contributed by atoms with Gasteiger partial charge in [0.1, 0.15) is 0 Å². The Hall–Kier alpha value is -1.61. The first-order valence-electron chi connectivity index (χ1n) is 7.55. The van der Waals surface area contributed by atoms with Gasteiger partial charge in [0.2, 0.25) is 0 Å². The maximum Gasteiger partial charge on any atom is 0.319 e. The monoisotopic (exact) mass is 289 g/mol. The highest BCUT2D eigenvalue weighted by Gasteiger charge is 2.28. The summed E-state index contributed by atoms with van der Waals surface area (Å²) in [5.74, 6) is 0.110. The molecule has 3 atom stereocenters. The predicted octanol–water partition coefficient (Wildman–Crippen LogP) is 3.82. The summed E-state index contributed by atoms with van der Waals surface area (Å²) < 4.78 is 4.87. The lowest BCUT2D eigenvalue weighted by Crippen LogP contribution is -2.43. The van der Waals surface area contributed by atoms with E-state index in [0.717, 1.165) is 6.42 Å². The van der Waals surface area contributed by atoms with Crippen LogP contribution in [0, 0.1) is 5.92 Å². The molecule has 0 heterocycles. The van der Waals surface area contributed by atoms with Crippen molar-refractivity contribution < 1.29 is 9.53 Å². The van der Waals surface area contributed by atoms with E-state index in [1.165, 1.54) is 12.7 Å². The van der Waals surface area contributed by atoms with Crippen molar-refractivity contribution in [2.24, 2.45) is 5.92 Å². The largest absolute Gasteiger partial charge is 0.468 e. The molecule has 0 fully saturated rings. The molecule has 0 amide bonds. The molecule has 116 valence electrons. The van der Waals surface area contributed by atoms with Crippen molar-refractivity contribution in [3.8, 4) is 0 Å². The van der Waals surface area contributed by atoms with Gasteiger partial charge in [-0.25, -0.2) is 0 Å². The predicted molar refractivity (Wildman–Crippen MR) is 87.0 cm³/mol. The number of ether oxygens (including phenoxy) is 1. The lowest BCUT2D eigenvalue weighted by atomic mass is 9.94. The van der Waals surface area contributed by atoms with Gasteiger partial charge >= 0.3 is 5.97 Å². The SMILES string of the molecule is C=C[C@H](C)[C@H](CC)N(CC(=O)OC)[C@H](C)c1ccccc1. The third kappa shape index (κ3) is 4.71. The van der Waals surface area contributed by atoms with Gasteiger partial charge in [0.05, 0.1) is 13.7 Å². The summed E-state index contributed by atoms with van der Waals surface area (Å²) in [6.45, 7) is 10.6. The summed E-state index contributed by atoms with van der Waals surface area (Å²) in [5.41, 5.74) is 1.20. The Morgan fingerprint density at radius 2 is 1.95 bits per heavy atom. The molecule has 0 aliphatic carbocycles. The molecule has 0 spiro atoms. The molecule has 1 aromatic rings. The molecule has 1 rings (SSSR count). The van der Waals surface area contributed by atoms with Gasteiger partial charge < -0.3 is 4.74 Å². The molecule has 0 N–H and O–H groups in total. The second kappa shape index (κ2) is 8.63. The van der Waals surface area contributed by atoms with Crippen LogP contribution in [0.3, 0.4) is 0 Å². The minimum Gasteiger partial charge on any atom is -0.468 e. The van der Waals surface area contributed by atoms with Crippen LogP contribution in [-0.2, 0) is 9.53 Å². The van der Waals surface area contributed by atoms with Gasteiger partial charge in [-0.05, 0) is 24.8 Å². The van der Waals surface area contributed by atoms with Crippen molar-refractivity contribution in [1.82, 2.24) is 4.90 Å². The summed E-state index contributed by atoms with van der Waals surface area (Å²) in [7, 11) is 1.44. The summed E-state index contributed by atoms with van der Waals surface area (Å²) in [6, 6.07) is 10.7. The standard InChI is InChI=1S/C18H27NO2/c1-6-14(3)17(7-2)19(13-18(20)21-5)15(4)16-11-9-8-10-12-16/h6,8-12,14-15,17H,1,7,13H2,2-5H3/t14-,15+,17-/m0/s1. The highest BCUT2D eigenvalue weighted by molar-refractivity contribution is 5.71. The number of methoxy groups -OCH3 is 1. The second-order valence-electron chi connectivity index (χ2n) is 5.41. The minimum atomic E-state index is -0.201. The number of esters is 1. The Morgan fingerprint density at radius 1 is 1.33 bits per heavy atom. The van der Waals surface area contributed by atoms with Crippen LogP contribution in [0.2, 0.25) is 0 Å². The quantitative estimate of drug-likeness (QED) is 0.538. The van der Waals surface area contributed by atoms with Crippen LogP contribution in [0.25, 0.3) is 0 Å². The maximum atomic E-state index is 11.8. The highest BCUT2D eigenvalue weighted by Crippen LogP contribution is 2.27. The normalized spacial score (nSPS) is 15.3. The molecule has 0 saturated carbocycles. The lowest BCUT2D eigenvalue weighted by Gasteiger charge is -2.38. The first-order chi connectivity index (χ1) is 10.0. The molecule has 0 aromatic heterocycles. The molecule has 1 aromatic carbocycles. The van der Waals surface area contributed by atoms with E-state index in [2.05, 4.69) is 44.4 Å². The van der Waals surface area contributed by atoms with E-state index in [1.54, 1.807) is 0 Å². The van der Waals surface area contributed by atoms with Gasteiger partial charge in [-0.15, -0.1) is 6.58 Å². The molecule has 3 nitrogen and oxygen atoms in total. The van der Waals surface area contributed by atoms with E-state index in [4.69, 9.17) is 4.74 Å². The van der Waals surface area contributed by atoms with Crippen molar-refractivity contribution in [2.45, 2.75) is 39.3 Å². The third-order valence-electron chi connectivity index (χ3n) is 4.14. The lowest BCUT2D eigenvalue weighted by molar-refractivity contribution is -0.143. The third-order valence-corrected chi connectivity index (χ3v) is 4.14. The van der Waals surface area contributed by atoms with Crippen molar-refractivity contribution in [1.29, 1.82) is 0 Å². The molecule has 0 saturated heterocycles. The second-order valence-corrected chi connectivity index (χ2v) is 5.41. The molecule has 0 bridgehead atoms. The summed E-state index contributed by atoms with van der Waals surface area (Å²) >= 11 is 0. The molecular weight excluding hydrogens is 262 g/mol. The van der Waals surface area contributed by atoms with Crippen LogP contribution < -0.4 is 0 Å². The number of carbonyl (C=O) groups excluding carboxylic acids is 1. The Labute approximate surface area is 128 Å². The van der Waals surface area contributed by atoms with Crippen LogP contribution in [0.5, 0.6) is 0 Å². The van der Waals surface area contributed by atoms with Gasteiger partial charge in [-0.2, -0.15) is 0 Å². The van der Waals surface area contributed by atoms with E-state index in [9.17, 15) is 4.79 Å².